The van der Waals surface area contributed by atoms with Crippen molar-refractivity contribution in [2.45, 2.75) is 32.8 Å². The Morgan fingerprint density at radius 3 is 2.23 bits per heavy atom. The van der Waals surface area contributed by atoms with Crippen molar-refractivity contribution in [3.63, 3.8) is 0 Å². The molecular formula is C22H30N2O5S. The van der Waals surface area contributed by atoms with E-state index < -0.39 is 16.1 Å². The monoisotopic (exact) mass is 434 g/mol. The van der Waals surface area contributed by atoms with E-state index in [0.29, 0.717) is 24.6 Å². The Hall–Kier alpha value is -2.74. The van der Waals surface area contributed by atoms with Gasteiger partial charge in [-0.05, 0) is 55.3 Å². The maximum Gasteiger partial charge on any atom is 0.260 e. The lowest BCUT2D eigenvalue weighted by atomic mass is 10.1. The number of benzene rings is 2. The van der Waals surface area contributed by atoms with Gasteiger partial charge in [-0.15, -0.1) is 0 Å². The Morgan fingerprint density at radius 2 is 1.67 bits per heavy atom. The third-order valence-electron chi connectivity index (χ3n) is 4.51. The van der Waals surface area contributed by atoms with Gasteiger partial charge in [-0.1, -0.05) is 25.5 Å². The van der Waals surface area contributed by atoms with Crippen molar-refractivity contribution in [3.05, 3.63) is 54.1 Å². The predicted octanol–water partition coefficient (Wildman–Crippen LogP) is 3.00. The van der Waals surface area contributed by atoms with Crippen LogP contribution in [0.2, 0.25) is 0 Å². The number of sulfonamides is 1. The smallest absolute Gasteiger partial charge is 0.260 e. The number of carbonyl (C=O) groups excluding carboxylic acids is 1. The van der Waals surface area contributed by atoms with Gasteiger partial charge in [-0.3, -0.25) is 9.10 Å². The molecule has 0 aromatic heterocycles. The maximum absolute atomic E-state index is 12.2. The highest BCUT2D eigenvalue weighted by Gasteiger charge is 2.15. The van der Waals surface area contributed by atoms with Gasteiger partial charge in [0.2, 0.25) is 10.0 Å². The van der Waals surface area contributed by atoms with Crippen molar-refractivity contribution < 1.29 is 22.7 Å². The number of amides is 1. The summed E-state index contributed by atoms with van der Waals surface area (Å²) >= 11 is 0. The van der Waals surface area contributed by atoms with Crippen molar-refractivity contribution in [1.82, 2.24) is 5.32 Å². The molecule has 1 amide bonds. The van der Waals surface area contributed by atoms with Gasteiger partial charge in [0.1, 0.15) is 18.1 Å². The third kappa shape index (κ3) is 7.26. The molecule has 0 radical (unpaired) electrons. The number of nitrogens with zero attached hydrogens (tertiary/aromatic N) is 1. The molecule has 1 atom stereocenters. The molecule has 0 unspecified atom stereocenters. The molecule has 0 saturated carbocycles. The highest BCUT2D eigenvalue weighted by atomic mass is 32.2. The van der Waals surface area contributed by atoms with Gasteiger partial charge >= 0.3 is 0 Å². The summed E-state index contributed by atoms with van der Waals surface area (Å²) in [6.45, 7) is 4.52. The average Bonchev–Trinajstić information content (AvgIpc) is 2.71. The van der Waals surface area contributed by atoms with Gasteiger partial charge in [0.05, 0.1) is 18.5 Å². The minimum absolute atomic E-state index is 0.255. The lowest BCUT2D eigenvalue weighted by Crippen LogP contribution is -2.38. The minimum Gasteiger partial charge on any atom is -0.492 e. The molecule has 0 bridgehead atoms. The second-order valence-electron chi connectivity index (χ2n) is 7.02. The van der Waals surface area contributed by atoms with Gasteiger partial charge < -0.3 is 14.8 Å². The first-order valence-corrected chi connectivity index (χ1v) is 11.8. The SMILES string of the molecule is CCCc1ccc(OCCNC(=O)[C@H](C)Oc2ccc(N(C)S(C)(=O)=O)cc2)cc1. The van der Waals surface area contributed by atoms with Crippen molar-refractivity contribution in [2.24, 2.45) is 0 Å². The molecule has 0 heterocycles. The van der Waals surface area contributed by atoms with Crippen LogP contribution in [0.4, 0.5) is 5.69 Å². The van der Waals surface area contributed by atoms with E-state index >= 15 is 0 Å². The second kappa shape index (κ2) is 10.9. The predicted molar refractivity (Wildman–Crippen MR) is 119 cm³/mol. The number of rotatable bonds is 11. The van der Waals surface area contributed by atoms with Crippen molar-refractivity contribution in [3.8, 4) is 11.5 Å². The van der Waals surface area contributed by atoms with Crippen LogP contribution in [-0.4, -0.2) is 46.9 Å². The number of anilines is 1. The van der Waals surface area contributed by atoms with Gasteiger partial charge in [-0.2, -0.15) is 0 Å². The van der Waals surface area contributed by atoms with E-state index in [9.17, 15) is 13.2 Å². The topological polar surface area (TPSA) is 84.9 Å². The van der Waals surface area contributed by atoms with Gasteiger partial charge in [0.15, 0.2) is 6.10 Å². The van der Waals surface area contributed by atoms with E-state index in [1.165, 1.54) is 16.9 Å². The van der Waals surface area contributed by atoms with Crippen molar-refractivity contribution in [1.29, 1.82) is 0 Å². The number of nitrogens with one attached hydrogen (secondary N) is 1. The fraction of sp³-hybridized carbons (Fsp3) is 0.409. The summed E-state index contributed by atoms with van der Waals surface area (Å²) in [6.07, 6.45) is 2.59. The van der Waals surface area contributed by atoms with Crippen molar-refractivity contribution >= 4 is 21.6 Å². The highest BCUT2D eigenvalue weighted by Crippen LogP contribution is 2.21. The molecule has 0 fully saturated rings. The summed E-state index contributed by atoms with van der Waals surface area (Å²) in [7, 11) is -1.85. The zero-order valence-electron chi connectivity index (χ0n) is 17.9. The van der Waals surface area contributed by atoms with E-state index in [1.54, 1.807) is 31.2 Å². The van der Waals surface area contributed by atoms with Gasteiger partial charge in [-0.25, -0.2) is 8.42 Å². The molecule has 2 aromatic rings. The first-order chi connectivity index (χ1) is 14.2. The summed E-state index contributed by atoms with van der Waals surface area (Å²) < 4.78 is 35.6. The third-order valence-corrected chi connectivity index (χ3v) is 5.72. The normalized spacial score (nSPS) is 12.1. The molecule has 0 aliphatic rings. The van der Waals surface area contributed by atoms with Crippen molar-refractivity contribution in [2.75, 3.05) is 30.8 Å². The first kappa shape index (κ1) is 23.5. The van der Waals surface area contributed by atoms with E-state index in [-0.39, 0.29) is 5.91 Å². The molecule has 2 aromatic carbocycles. The zero-order chi connectivity index (χ0) is 22.1. The number of hydrogen-bond acceptors (Lipinski definition) is 5. The van der Waals surface area contributed by atoms with Crippen LogP contribution in [0.1, 0.15) is 25.8 Å². The number of aryl methyl sites for hydroxylation is 1. The molecule has 0 aliphatic heterocycles. The molecule has 0 saturated heterocycles. The quantitative estimate of drug-likeness (QED) is 0.550. The summed E-state index contributed by atoms with van der Waals surface area (Å²) in [5, 5.41) is 2.78. The summed E-state index contributed by atoms with van der Waals surface area (Å²) in [6, 6.07) is 14.5. The Bertz CT molecular complexity index is 912. The molecule has 2 rings (SSSR count). The molecule has 7 nitrogen and oxygen atoms in total. The molecule has 164 valence electrons. The number of ether oxygens (including phenoxy) is 2. The number of hydrogen-bond donors (Lipinski definition) is 1. The maximum atomic E-state index is 12.2. The molecule has 0 spiro atoms. The van der Waals surface area contributed by atoms with E-state index in [2.05, 4.69) is 12.2 Å². The fourth-order valence-electron chi connectivity index (χ4n) is 2.71. The lowest BCUT2D eigenvalue weighted by molar-refractivity contribution is -0.127. The largest absolute Gasteiger partial charge is 0.492 e. The Labute approximate surface area is 179 Å². The molecule has 1 N–H and O–H groups in total. The standard InChI is InChI=1S/C22H30N2O5S/c1-5-6-18-7-11-20(12-8-18)28-16-15-23-22(25)17(2)29-21-13-9-19(10-14-21)24(3)30(4,26)27/h7-14,17H,5-6,15-16H2,1-4H3,(H,23,25)/t17-/m0/s1. The van der Waals surface area contributed by atoms with Crippen LogP contribution in [0.25, 0.3) is 0 Å². The summed E-state index contributed by atoms with van der Waals surface area (Å²) in [5.41, 5.74) is 1.79. The van der Waals surface area contributed by atoms with Crippen LogP contribution in [0.5, 0.6) is 11.5 Å². The lowest BCUT2D eigenvalue weighted by Gasteiger charge is -2.18. The van der Waals surface area contributed by atoms with E-state index in [0.717, 1.165) is 24.8 Å². The second-order valence-corrected chi connectivity index (χ2v) is 9.03. The zero-order valence-corrected chi connectivity index (χ0v) is 18.7. The van der Waals surface area contributed by atoms with E-state index in [1.807, 2.05) is 24.3 Å². The fourth-order valence-corrected chi connectivity index (χ4v) is 3.22. The highest BCUT2D eigenvalue weighted by molar-refractivity contribution is 7.92. The summed E-state index contributed by atoms with van der Waals surface area (Å²) in [4.78, 5) is 12.2. The van der Waals surface area contributed by atoms with E-state index in [4.69, 9.17) is 9.47 Å². The molecule has 30 heavy (non-hydrogen) atoms. The summed E-state index contributed by atoms with van der Waals surface area (Å²) in [5.74, 6) is 0.994. The Balaban J connectivity index is 1.75. The first-order valence-electron chi connectivity index (χ1n) is 9.90. The molecule has 8 heteroatoms. The minimum atomic E-state index is -3.33. The average molecular weight is 435 g/mol. The van der Waals surface area contributed by atoms with Crippen LogP contribution in [-0.2, 0) is 21.2 Å². The number of carbonyl (C=O) groups is 1. The Morgan fingerprint density at radius 1 is 1.07 bits per heavy atom. The molecule has 0 aliphatic carbocycles. The van der Waals surface area contributed by atoms with Crippen LogP contribution in [0.15, 0.2) is 48.5 Å². The van der Waals surface area contributed by atoms with Crippen LogP contribution < -0.4 is 19.1 Å². The van der Waals surface area contributed by atoms with Crippen LogP contribution in [0, 0.1) is 0 Å². The van der Waals surface area contributed by atoms with Gasteiger partial charge in [0.25, 0.3) is 5.91 Å². The van der Waals surface area contributed by atoms with Crippen LogP contribution >= 0.6 is 0 Å². The van der Waals surface area contributed by atoms with Crippen LogP contribution in [0.3, 0.4) is 0 Å². The Kier molecular flexibility index (Phi) is 8.53. The van der Waals surface area contributed by atoms with Gasteiger partial charge in [0, 0.05) is 7.05 Å². The molecular weight excluding hydrogens is 404 g/mol.